The van der Waals surface area contributed by atoms with Crippen molar-refractivity contribution >= 4 is 19.5 Å². The van der Waals surface area contributed by atoms with E-state index in [1.54, 1.807) is 0 Å². The standard InChI is InChI=1S/C6H14BNO2.ClH/c1-8-4-2-6(3-5-8)7(9)10;/h6,9-10H,2-5H2,1H3;1H. The molecule has 0 radical (unpaired) electrons. The molecule has 0 saturated carbocycles. The molecule has 3 nitrogen and oxygen atoms in total. The average Bonchev–Trinajstić information content (AvgIpc) is 1.88. The predicted molar refractivity (Wildman–Crippen MR) is 47.9 cm³/mol. The van der Waals surface area contributed by atoms with Gasteiger partial charge in [0.25, 0.3) is 0 Å². The molecule has 0 aliphatic carbocycles. The fraction of sp³-hybridized carbons (Fsp3) is 1.00. The first-order valence-corrected chi connectivity index (χ1v) is 3.75. The van der Waals surface area contributed by atoms with Crippen LogP contribution >= 0.6 is 12.4 Å². The molecular weight excluding hydrogens is 164 g/mol. The molecule has 1 aliphatic rings. The maximum absolute atomic E-state index is 8.80. The Morgan fingerprint density at radius 1 is 1.27 bits per heavy atom. The Kier molecular flexibility index (Phi) is 5.09. The van der Waals surface area contributed by atoms with Crippen molar-refractivity contribution in [2.45, 2.75) is 18.7 Å². The lowest BCUT2D eigenvalue weighted by Crippen LogP contribution is -2.34. The molecule has 5 heteroatoms. The van der Waals surface area contributed by atoms with Crippen LogP contribution in [0, 0.1) is 0 Å². The van der Waals surface area contributed by atoms with Crippen molar-refractivity contribution in [3.05, 3.63) is 0 Å². The summed E-state index contributed by atoms with van der Waals surface area (Å²) in [5.41, 5.74) is 0. The lowest BCUT2D eigenvalue weighted by atomic mass is 9.68. The highest BCUT2D eigenvalue weighted by molar-refractivity contribution is 6.43. The van der Waals surface area contributed by atoms with Gasteiger partial charge in [-0.2, -0.15) is 0 Å². The van der Waals surface area contributed by atoms with Gasteiger partial charge in [0.15, 0.2) is 0 Å². The lowest BCUT2D eigenvalue weighted by Gasteiger charge is -2.27. The third kappa shape index (κ3) is 3.43. The van der Waals surface area contributed by atoms with Crippen molar-refractivity contribution < 1.29 is 10.0 Å². The van der Waals surface area contributed by atoms with Crippen LogP contribution in [0.15, 0.2) is 0 Å². The van der Waals surface area contributed by atoms with Crippen molar-refractivity contribution in [3.63, 3.8) is 0 Å². The number of likely N-dealkylation sites (tertiary alicyclic amines) is 1. The summed E-state index contributed by atoms with van der Waals surface area (Å²) in [6, 6.07) is 0. The summed E-state index contributed by atoms with van der Waals surface area (Å²) < 4.78 is 0. The molecule has 0 aromatic heterocycles. The quantitative estimate of drug-likeness (QED) is 0.556. The minimum Gasteiger partial charge on any atom is -0.427 e. The summed E-state index contributed by atoms with van der Waals surface area (Å²) in [6.07, 6.45) is 1.82. The number of rotatable bonds is 1. The van der Waals surface area contributed by atoms with Crippen molar-refractivity contribution in [1.82, 2.24) is 4.90 Å². The zero-order valence-corrected chi connectivity index (χ0v) is 7.55. The summed E-state index contributed by atoms with van der Waals surface area (Å²) >= 11 is 0. The van der Waals surface area contributed by atoms with E-state index >= 15 is 0 Å². The Hall–Kier alpha value is 0.235. The van der Waals surface area contributed by atoms with Gasteiger partial charge in [-0.05, 0) is 38.8 Å². The SMILES string of the molecule is CN1CCC(B(O)O)CC1.Cl. The van der Waals surface area contributed by atoms with Crippen LogP contribution in [0.2, 0.25) is 5.82 Å². The predicted octanol–water partition coefficient (Wildman–Crippen LogP) is -0.0232. The Morgan fingerprint density at radius 3 is 2.09 bits per heavy atom. The summed E-state index contributed by atoms with van der Waals surface area (Å²) in [7, 11) is 0.952. The van der Waals surface area contributed by atoms with Gasteiger partial charge in [-0.25, -0.2) is 0 Å². The largest absolute Gasteiger partial charge is 0.454 e. The topological polar surface area (TPSA) is 43.7 Å². The molecule has 0 bridgehead atoms. The molecule has 2 N–H and O–H groups in total. The van der Waals surface area contributed by atoms with Crippen molar-refractivity contribution in [2.75, 3.05) is 20.1 Å². The summed E-state index contributed by atoms with van der Waals surface area (Å²) in [4.78, 5) is 2.21. The monoisotopic (exact) mass is 179 g/mol. The van der Waals surface area contributed by atoms with Gasteiger partial charge < -0.3 is 14.9 Å². The maximum Gasteiger partial charge on any atom is 0.454 e. The number of halogens is 1. The molecule has 1 saturated heterocycles. The van der Waals surface area contributed by atoms with Crippen LogP contribution in [-0.2, 0) is 0 Å². The van der Waals surface area contributed by atoms with E-state index in [-0.39, 0.29) is 18.2 Å². The van der Waals surface area contributed by atoms with Crippen LogP contribution in [0.5, 0.6) is 0 Å². The first-order chi connectivity index (χ1) is 4.70. The Labute approximate surface area is 74.0 Å². The van der Waals surface area contributed by atoms with E-state index in [1.807, 2.05) is 0 Å². The molecular formula is C6H15BClNO2. The summed E-state index contributed by atoms with van der Waals surface area (Å²) in [6.45, 7) is 1.98. The smallest absolute Gasteiger partial charge is 0.427 e. The van der Waals surface area contributed by atoms with Gasteiger partial charge in [0.2, 0.25) is 0 Å². The molecule has 0 atom stereocenters. The van der Waals surface area contributed by atoms with E-state index in [1.165, 1.54) is 0 Å². The van der Waals surface area contributed by atoms with E-state index < -0.39 is 7.12 Å². The molecule has 0 unspecified atom stereocenters. The third-order valence-corrected chi connectivity index (χ3v) is 2.18. The zero-order chi connectivity index (χ0) is 7.56. The molecule has 0 aromatic carbocycles. The van der Waals surface area contributed by atoms with E-state index in [0.717, 1.165) is 25.9 Å². The first kappa shape index (κ1) is 11.2. The average molecular weight is 179 g/mol. The second kappa shape index (κ2) is 4.98. The minimum absolute atomic E-state index is 0. The van der Waals surface area contributed by atoms with E-state index in [0.29, 0.717) is 0 Å². The van der Waals surface area contributed by atoms with Crippen LogP contribution in [0.3, 0.4) is 0 Å². The van der Waals surface area contributed by atoms with Gasteiger partial charge >= 0.3 is 7.12 Å². The third-order valence-electron chi connectivity index (χ3n) is 2.18. The Balaban J connectivity index is 0.000001000. The Morgan fingerprint density at radius 2 is 1.73 bits per heavy atom. The van der Waals surface area contributed by atoms with Crippen molar-refractivity contribution in [2.24, 2.45) is 0 Å². The molecule has 1 aliphatic heterocycles. The fourth-order valence-corrected chi connectivity index (χ4v) is 1.33. The molecule has 1 rings (SSSR count). The highest BCUT2D eigenvalue weighted by Crippen LogP contribution is 2.22. The first-order valence-electron chi connectivity index (χ1n) is 3.75. The lowest BCUT2D eigenvalue weighted by molar-refractivity contribution is 0.253. The van der Waals surface area contributed by atoms with Gasteiger partial charge in [-0.15, -0.1) is 12.4 Å². The highest BCUT2D eigenvalue weighted by atomic mass is 35.5. The fourth-order valence-electron chi connectivity index (χ4n) is 1.33. The van der Waals surface area contributed by atoms with Crippen molar-refractivity contribution in [1.29, 1.82) is 0 Å². The molecule has 1 heterocycles. The minimum atomic E-state index is -1.10. The van der Waals surface area contributed by atoms with Crippen LogP contribution in [0.4, 0.5) is 0 Å². The van der Waals surface area contributed by atoms with Gasteiger partial charge in [-0.1, -0.05) is 0 Å². The number of piperidine rings is 1. The molecule has 0 spiro atoms. The molecule has 1 fully saturated rings. The highest BCUT2D eigenvalue weighted by Gasteiger charge is 2.26. The van der Waals surface area contributed by atoms with Gasteiger partial charge in [-0.3, -0.25) is 0 Å². The summed E-state index contributed by atoms with van der Waals surface area (Å²) in [5, 5.41) is 17.6. The van der Waals surface area contributed by atoms with Gasteiger partial charge in [0, 0.05) is 0 Å². The van der Waals surface area contributed by atoms with Gasteiger partial charge in [0.1, 0.15) is 0 Å². The van der Waals surface area contributed by atoms with E-state index in [4.69, 9.17) is 10.0 Å². The number of nitrogens with zero attached hydrogens (tertiary/aromatic N) is 1. The Bertz CT molecular complexity index is 107. The van der Waals surface area contributed by atoms with Crippen LogP contribution in [-0.4, -0.2) is 42.2 Å². The zero-order valence-electron chi connectivity index (χ0n) is 6.73. The molecule has 0 aromatic rings. The summed E-state index contributed by atoms with van der Waals surface area (Å²) in [5.74, 6) is 0.108. The number of hydrogen-bond acceptors (Lipinski definition) is 3. The number of hydrogen-bond donors (Lipinski definition) is 2. The molecule has 11 heavy (non-hydrogen) atoms. The second-order valence-electron chi connectivity index (χ2n) is 3.05. The normalized spacial score (nSPS) is 21.0. The van der Waals surface area contributed by atoms with Gasteiger partial charge in [0.05, 0.1) is 0 Å². The van der Waals surface area contributed by atoms with Crippen LogP contribution < -0.4 is 0 Å². The molecule has 66 valence electrons. The second-order valence-corrected chi connectivity index (χ2v) is 3.05. The van der Waals surface area contributed by atoms with Crippen LogP contribution in [0.25, 0.3) is 0 Å². The van der Waals surface area contributed by atoms with Crippen LogP contribution in [0.1, 0.15) is 12.8 Å². The maximum atomic E-state index is 8.80. The van der Waals surface area contributed by atoms with E-state index in [2.05, 4.69) is 11.9 Å². The van der Waals surface area contributed by atoms with Crippen molar-refractivity contribution in [3.8, 4) is 0 Å². The molecule has 0 amide bonds. The van der Waals surface area contributed by atoms with E-state index in [9.17, 15) is 0 Å².